The number of alkyl halides is 2. The van der Waals surface area contributed by atoms with Gasteiger partial charge in [0.15, 0.2) is 5.75 Å². The predicted octanol–water partition coefficient (Wildman–Crippen LogP) is 4.38. The van der Waals surface area contributed by atoms with Gasteiger partial charge in [-0.1, -0.05) is 12.1 Å². The zero-order chi connectivity index (χ0) is 17.7. The van der Waals surface area contributed by atoms with Crippen LogP contribution in [0, 0.1) is 10.1 Å². The van der Waals surface area contributed by atoms with Crippen molar-refractivity contribution in [1.29, 1.82) is 0 Å². The summed E-state index contributed by atoms with van der Waals surface area (Å²) in [6.45, 7) is -1.06. The maximum absolute atomic E-state index is 12.3. The lowest BCUT2D eigenvalue weighted by molar-refractivity contribution is -0.385. The van der Waals surface area contributed by atoms with Crippen molar-refractivity contribution in [2.45, 2.75) is 19.6 Å². The van der Waals surface area contributed by atoms with E-state index < -0.39 is 11.5 Å². The number of anilines is 1. The first-order chi connectivity index (χ1) is 11.4. The second-order valence-corrected chi connectivity index (χ2v) is 4.96. The molecule has 2 rings (SSSR count). The molecule has 2 aromatic rings. The van der Waals surface area contributed by atoms with Gasteiger partial charge in [0, 0.05) is 23.9 Å². The monoisotopic (exact) mass is 338 g/mol. The SMILES string of the molecule is COc1cc(NC(C)c2cccc(OC(F)F)c2)ccc1[N+](=O)[O-]. The van der Waals surface area contributed by atoms with Crippen LogP contribution in [0.4, 0.5) is 20.2 Å². The van der Waals surface area contributed by atoms with E-state index in [1.54, 1.807) is 18.2 Å². The number of halogens is 2. The van der Waals surface area contributed by atoms with E-state index in [2.05, 4.69) is 10.1 Å². The number of nitro groups is 1. The molecule has 2 aromatic carbocycles. The van der Waals surface area contributed by atoms with E-state index >= 15 is 0 Å². The van der Waals surface area contributed by atoms with Gasteiger partial charge in [0.05, 0.1) is 12.0 Å². The van der Waals surface area contributed by atoms with Crippen molar-refractivity contribution in [3.05, 3.63) is 58.1 Å². The molecule has 0 saturated carbocycles. The Kier molecular flexibility index (Phi) is 5.51. The van der Waals surface area contributed by atoms with Crippen LogP contribution in [0.15, 0.2) is 42.5 Å². The standard InChI is InChI=1S/C16H16F2N2O4/c1-10(11-4-3-5-13(8-11)24-16(17)18)19-12-6-7-14(20(21)22)15(9-12)23-2/h3-10,16,19H,1-2H3. The third-order valence-electron chi connectivity index (χ3n) is 3.34. The first kappa shape index (κ1) is 17.5. The Labute approximate surface area is 137 Å². The van der Waals surface area contributed by atoms with Gasteiger partial charge in [-0.05, 0) is 30.7 Å². The largest absolute Gasteiger partial charge is 0.490 e. The van der Waals surface area contributed by atoms with Crippen LogP contribution >= 0.6 is 0 Å². The average molecular weight is 338 g/mol. The number of benzene rings is 2. The lowest BCUT2D eigenvalue weighted by Gasteiger charge is -2.17. The molecule has 0 heterocycles. The minimum Gasteiger partial charge on any atom is -0.490 e. The molecule has 0 bridgehead atoms. The third-order valence-corrected chi connectivity index (χ3v) is 3.34. The molecule has 0 aliphatic heterocycles. The summed E-state index contributed by atoms with van der Waals surface area (Å²) in [5.74, 6) is 0.199. The molecular formula is C16H16F2N2O4. The summed E-state index contributed by atoms with van der Waals surface area (Å²) < 4.78 is 33.9. The smallest absolute Gasteiger partial charge is 0.387 e. The summed E-state index contributed by atoms with van der Waals surface area (Å²) in [7, 11) is 1.35. The molecule has 1 unspecified atom stereocenters. The highest BCUT2D eigenvalue weighted by Crippen LogP contribution is 2.31. The minimum absolute atomic E-state index is 0.0671. The second kappa shape index (κ2) is 7.58. The van der Waals surface area contributed by atoms with Crippen LogP contribution in [-0.4, -0.2) is 18.6 Å². The van der Waals surface area contributed by atoms with Crippen LogP contribution in [0.5, 0.6) is 11.5 Å². The molecule has 24 heavy (non-hydrogen) atoms. The van der Waals surface area contributed by atoms with Crippen LogP contribution < -0.4 is 14.8 Å². The van der Waals surface area contributed by atoms with Crippen LogP contribution in [0.2, 0.25) is 0 Å². The van der Waals surface area contributed by atoms with Crippen molar-refractivity contribution in [3.8, 4) is 11.5 Å². The number of nitro benzene ring substituents is 1. The Balaban J connectivity index is 2.17. The highest BCUT2D eigenvalue weighted by molar-refractivity contribution is 5.58. The summed E-state index contributed by atoms with van der Waals surface area (Å²) in [4.78, 5) is 10.4. The fraction of sp³-hybridized carbons (Fsp3) is 0.250. The molecule has 1 N–H and O–H groups in total. The topological polar surface area (TPSA) is 73.6 Å². The quantitative estimate of drug-likeness (QED) is 0.599. The van der Waals surface area contributed by atoms with Crippen molar-refractivity contribution < 1.29 is 23.2 Å². The number of rotatable bonds is 7. The Morgan fingerprint density at radius 2 is 1.96 bits per heavy atom. The summed E-state index contributed by atoms with van der Waals surface area (Å²) in [5, 5.41) is 14.0. The van der Waals surface area contributed by atoms with E-state index in [9.17, 15) is 18.9 Å². The van der Waals surface area contributed by atoms with E-state index in [1.807, 2.05) is 6.92 Å². The van der Waals surface area contributed by atoms with Gasteiger partial charge >= 0.3 is 12.3 Å². The van der Waals surface area contributed by atoms with E-state index in [0.29, 0.717) is 5.69 Å². The number of hydrogen-bond donors (Lipinski definition) is 1. The molecule has 0 aromatic heterocycles. The molecule has 0 amide bonds. The van der Waals surface area contributed by atoms with E-state index in [1.165, 1.54) is 31.4 Å². The van der Waals surface area contributed by atoms with Crippen molar-refractivity contribution in [2.24, 2.45) is 0 Å². The lowest BCUT2D eigenvalue weighted by atomic mass is 10.1. The zero-order valence-corrected chi connectivity index (χ0v) is 13.0. The molecule has 0 radical (unpaired) electrons. The summed E-state index contributed by atoms with van der Waals surface area (Å²) in [5.41, 5.74) is 1.19. The van der Waals surface area contributed by atoms with Crippen molar-refractivity contribution in [3.63, 3.8) is 0 Å². The molecular weight excluding hydrogens is 322 g/mol. The van der Waals surface area contributed by atoms with Gasteiger partial charge in [0.1, 0.15) is 5.75 Å². The number of nitrogens with one attached hydrogen (secondary N) is 1. The molecule has 1 atom stereocenters. The fourth-order valence-electron chi connectivity index (χ4n) is 2.21. The third kappa shape index (κ3) is 4.31. The summed E-state index contributed by atoms with van der Waals surface area (Å²) >= 11 is 0. The Bertz CT molecular complexity index is 725. The Hall–Kier alpha value is -2.90. The summed E-state index contributed by atoms with van der Waals surface area (Å²) in [6, 6.07) is 10.5. The van der Waals surface area contributed by atoms with E-state index in [4.69, 9.17) is 4.74 Å². The number of hydrogen-bond acceptors (Lipinski definition) is 5. The zero-order valence-electron chi connectivity index (χ0n) is 13.0. The molecule has 0 aliphatic carbocycles. The number of nitrogens with zero attached hydrogens (tertiary/aromatic N) is 1. The number of methoxy groups -OCH3 is 1. The van der Waals surface area contributed by atoms with Gasteiger partial charge in [0.2, 0.25) is 0 Å². The van der Waals surface area contributed by atoms with Gasteiger partial charge in [-0.3, -0.25) is 10.1 Å². The van der Waals surface area contributed by atoms with Crippen molar-refractivity contribution in [1.82, 2.24) is 0 Å². The van der Waals surface area contributed by atoms with Gasteiger partial charge in [0.25, 0.3) is 0 Å². The van der Waals surface area contributed by atoms with Crippen molar-refractivity contribution in [2.75, 3.05) is 12.4 Å². The Morgan fingerprint density at radius 3 is 2.58 bits per heavy atom. The van der Waals surface area contributed by atoms with Crippen LogP contribution in [-0.2, 0) is 0 Å². The maximum Gasteiger partial charge on any atom is 0.387 e. The molecule has 8 heteroatoms. The van der Waals surface area contributed by atoms with Crippen LogP contribution in [0.1, 0.15) is 18.5 Å². The number of ether oxygens (including phenoxy) is 2. The highest BCUT2D eigenvalue weighted by Gasteiger charge is 2.16. The minimum atomic E-state index is -2.89. The Morgan fingerprint density at radius 1 is 1.21 bits per heavy atom. The second-order valence-electron chi connectivity index (χ2n) is 4.96. The van der Waals surface area contributed by atoms with Gasteiger partial charge in [-0.15, -0.1) is 0 Å². The maximum atomic E-state index is 12.3. The molecule has 0 spiro atoms. The molecule has 6 nitrogen and oxygen atoms in total. The van der Waals surface area contributed by atoms with Crippen LogP contribution in [0.25, 0.3) is 0 Å². The van der Waals surface area contributed by atoms with Gasteiger partial charge in [-0.2, -0.15) is 8.78 Å². The molecule has 0 saturated heterocycles. The van der Waals surface area contributed by atoms with Crippen molar-refractivity contribution >= 4 is 11.4 Å². The first-order valence-corrected chi connectivity index (χ1v) is 7.04. The molecule has 0 aliphatic rings. The first-order valence-electron chi connectivity index (χ1n) is 7.04. The normalized spacial score (nSPS) is 11.9. The summed E-state index contributed by atoms with van der Waals surface area (Å²) in [6.07, 6.45) is 0. The predicted molar refractivity (Wildman–Crippen MR) is 84.8 cm³/mol. The molecule has 0 fully saturated rings. The fourth-order valence-corrected chi connectivity index (χ4v) is 2.21. The average Bonchev–Trinajstić information content (AvgIpc) is 2.54. The molecule has 128 valence electrons. The highest BCUT2D eigenvalue weighted by atomic mass is 19.3. The van der Waals surface area contributed by atoms with Gasteiger partial charge < -0.3 is 14.8 Å². The lowest BCUT2D eigenvalue weighted by Crippen LogP contribution is -2.08. The van der Waals surface area contributed by atoms with E-state index in [0.717, 1.165) is 5.56 Å². The van der Waals surface area contributed by atoms with Gasteiger partial charge in [-0.25, -0.2) is 0 Å². The van der Waals surface area contributed by atoms with E-state index in [-0.39, 0.29) is 23.2 Å². The van der Waals surface area contributed by atoms with Crippen LogP contribution in [0.3, 0.4) is 0 Å².